The molecule has 2 aromatic carbocycles. The molecule has 0 atom stereocenters. The van der Waals surface area contributed by atoms with Crippen LogP contribution in [0.3, 0.4) is 0 Å². The van der Waals surface area contributed by atoms with Crippen molar-refractivity contribution in [3.05, 3.63) is 95.4 Å². The summed E-state index contributed by atoms with van der Waals surface area (Å²) in [5.74, 6) is 0.225. The molecular weight excluding hydrogens is 424 g/mol. The van der Waals surface area contributed by atoms with Gasteiger partial charge >= 0.3 is 0 Å². The summed E-state index contributed by atoms with van der Waals surface area (Å²) in [5, 5.41) is 13.0. The van der Waals surface area contributed by atoms with E-state index in [4.69, 9.17) is 16.6 Å². The van der Waals surface area contributed by atoms with Gasteiger partial charge in [-0.3, -0.25) is 14.2 Å². The topological polar surface area (TPSA) is 77.6 Å². The molecule has 3 aromatic heterocycles. The van der Waals surface area contributed by atoms with E-state index in [2.05, 4.69) is 15.5 Å². The molecule has 1 N–H and O–H groups in total. The minimum absolute atomic E-state index is 0.248. The number of amides is 1. The van der Waals surface area contributed by atoms with Gasteiger partial charge in [-0.15, -0.1) is 0 Å². The second-order valence-corrected chi connectivity index (χ2v) is 7.89. The second kappa shape index (κ2) is 8.28. The van der Waals surface area contributed by atoms with Crippen molar-refractivity contribution in [1.82, 2.24) is 24.5 Å². The number of pyridine rings is 1. The number of para-hydroxylation sites is 1. The van der Waals surface area contributed by atoms with Crippen LogP contribution in [-0.2, 0) is 13.6 Å². The molecule has 32 heavy (non-hydrogen) atoms. The minimum Gasteiger partial charge on any atom is -0.305 e. The van der Waals surface area contributed by atoms with E-state index in [0.29, 0.717) is 28.6 Å². The normalized spacial score (nSPS) is 11.1. The van der Waals surface area contributed by atoms with Gasteiger partial charge in [-0.25, -0.2) is 4.98 Å². The first kappa shape index (κ1) is 20.0. The predicted octanol–water partition coefficient (Wildman–Crippen LogP) is 4.79. The Hall–Kier alpha value is -3.97. The van der Waals surface area contributed by atoms with Gasteiger partial charge < -0.3 is 5.32 Å². The Morgan fingerprint density at radius 1 is 1.09 bits per heavy atom. The molecule has 1 amide bonds. The van der Waals surface area contributed by atoms with Gasteiger partial charge in [-0.05, 0) is 29.8 Å². The van der Waals surface area contributed by atoms with Gasteiger partial charge in [0.25, 0.3) is 5.91 Å². The molecule has 0 spiro atoms. The van der Waals surface area contributed by atoms with Crippen molar-refractivity contribution in [3.8, 4) is 11.3 Å². The maximum atomic E-state index is 13.2. The highest BCUT2D eigenvalue weighted by Crippen LogP contribution is 2.25. The van der Waals surface area contributed by atoms with Gasteiger partial charge in [0.2, 0.25) is 0 Å². The Balaban J connectivity index is 1.43. The molecule has 0 bridgehead atoms. The van der Waals surface area contributed by atoms with E-state index in [9.17, 15) is 4.79 Å². The van der Waals surface area contributed by atoms with Crippen LogP contribution in [0.15, 0.2) is 79.3 Å². The van der Waals surface area contributed by atoms with Gasteiger partial charge in [0.15, 0.2) is 5.82 Å². The Morgan fingerprint density at radius 2 is 1.97 bits per heavy atom. The van der Waals surface area contributed by atoms with E-state index in [1.165, 1.54) is 0 Å². The number of carbonyl (C=O) groups excluding carboxylic acids is 1. The number of anilines is 1. The second-order valence-electron chi connectivity index (χ2n) is 7.46. The molecule has 0 aliphatic carbocycles. The molecule has 0 saturated carbocycles. The molecule has 8 heteroatoms. The number of rotatable bonds is 5. The standard InChI is InChI=1S/C24H19ClN6O/c1-30-15-17(13-26-30)22-12-20(19-7-2-3-8-21(19)27-22)24(32)28-23-9-10-31(29-23)14-16-5-4-6-18(25)11-16/h2-13,15H,14H2,1H3,(H,28,29,32). The third-order valence-electron chi connectivity index (χ3n) is 5.08. The Labute approximate surface area is 189 Å². The molecular formula is C24H19ClN6O. The summed E-state index contributed by atoms with van der Waals surface area (Å²) >= 11 is 6.06. The van der Waals surface area contributed by atoms with Crippen LogP contribution < -0.4 is 5.32 Å². The van der Waals surface area contributed by atoms with Crippen LogP contribution >= 0.6 is 11.6 Å². The highest BCUT2D eigenvalue weighted by Gasteiger charge is 2.16. The van der Waals surface area contributed by atoms with Gasteiger partial charge in [0, 0.05) is 41.5 Å². The third-order valence-corrected chi connectivity index (χ3v) is 5.31. The summed E-state index contributed by atoms with van der Waals surface area (Å²) in [5.41, 5.74) is 3.83. The number of fused-ring (bicyclic) bond motifs is 1. The number of benzene rings is 2. The summed E-state index contributed by atoms with van der Waals surface area (Å²) in [6.45, 7) is 0.555. The van der Waals surface area contributed by atoms with E-state index in [0.717, 1.165) is 22.0 Å². The number of aryl methyl sites for hydroxylation is 1. The molecule has 0 fully saturated rings. The summed E-state index contributed by atoms with van der Waals surface area (Å²) in [4.78, 5) is 17.9. The lowest BCUT2D eigenvalue weighted by molar-refractivity contribution is 0.102. The fourth-order valence-corrected chi connectivity index (χ4v) is 3.80. The number of halogens is 1. The zero-order valence-corrected chi connectivity index (χ0v) is 18.0. The zero-order chi connectivity index (χ0) is 22.1. The van der Waals surface area contributed by atoms with Crippen LogP contribution in [0.4, 0.5) is 5.82 Å². The lowest BCUT2D eigenvalue weighted by Crippen LogP contribution is -2.14. The monoisotopic (exact) mass is 442 g/mol. The van der Waals surface area contributed by atoms with Crippen molar-refractivity contribution in [2.45, 2.75) is 6.54 Å². The van der Waals surface area contributed by atoms with E-state index < -0.39 is 0 Å². The lowest BCUT2D eigenvalue weighted by Gasteiger charge is -2.09. The van der Waals surface area contributed by atoms with Gasteiger partial charge in [-0.2, -0.15) is 10.2 Å². The molecule has 0 aliphatic rings. The van der Waals surface area contributed by atoms with Crippen molar-refractivity contribution >= 4 is 34.2 Å². The zero-order valence-electron chi connectivity index (χ0n) is 17.2. The molecule has 158 valence electrons. The molecule has 0 unspecified atom stereocenters. The fourth-order valence-electron chi connectivity index (χ4n) is 3.59. The molecule has 0 aliphatic heterocycles. The quantitative estimate of drug-likeness (QED) is 0.424. The molecule has 0 saturated heterocycles. The number of nitrogens with one attached hydrogen (secondary N) is 1. The van der Waals surface area contributed by atoms with Gasteiger partial charge in [0.05, 0.1) is 29.5 Å². The lowest BCUT2D eigenvalue weighted by atomic mass is 10.0. The SMILES string of the molecule is Cn1cc(-c2cc(C(=O)Nc3ccn(Cc4cccc(Cl)c4)n3)c3ccccc3n2)cn1. The van der Waals surface area contributed by atoms with Crippen molar-refractivity contribution in [3.63, 3.8) is 0 Å². The Bertz CT molecular complexity index is 1440. The molecule has 0 radical (unpaired) electrons. The average molecular weight is 443 g/mol. The molecule has 5 rings (SSSR count). The van der Waals surface area contributed by atoms with E-state index in [1.807, 2.05) is 68.0 Å². The summed E-state index contributed by atoms with van der Waals surface area (Å²) < 4.78 is 3.46. The van der Waals surface area contributed by atoms with Crippen molar-refractivity contribution in [2.75, 3.05) is 5.32 Å². The van der Waals surface area contributed by atoms with Crippen molar-refractivity contribution < 1.29 is 4.79 Å². The average Bonchev–Trinajstić information content (AvgIpc) is 3.41. The van der Waals surface area contributed by atoms with Gasteiger partial charge in [0.1, 0.15) is 0 Å². The third kappa shape index (κ3) is 4.10. The largest absolute Gasteiger partial charge is 0.305 e. The van der Waals surface area contributed by atoms with E-state index in [-0.39, 0.29) is 5.91 Å². The van der Waals surface area contributed by atoms with Crippen molar-refractivity contribution in [2.24, 2.45) is 7.05 Å². The number of hydrogen-bond acceptors (Lipinski definition) is 4. The highest BCUT2D eigenvalue weighted by atomic mass is 35.5. The summed E-state index contributed by atoms with van der Waals surface area (Å²) in [6, 6.07) is 18.8. The number of nitrogens with zero attached hydrogens (tertiary/aromatic N) is 5. The number of hydrogen-bond donors (Lipinski definition) is 1. The van der Waals surface area contributed by atoms with Crippen molar-refractivity contribution in [1.29, 1.82) is 0 Å². The van der Waals surface area contributed by atoms with Crippen LogP contribution in [0, 0.1) is 0 Å². The molecule has 5 aromatic rings. The van der Waals surface area contributed by atoms with Crippen LogP contribution in [-0.4, -0.2) is 30.5 Å². The number of aromatic nitrogens is 5. The Kier molecular flexibility index (Phi) is 5.17. The van der Waals surface area contributed by atoms with E-state index in [1.54, 1.807) is 27.7 Å². The first-order valence-electron chi connectivity index (χ1n) is 10.0. The van der Waals surface area contributed by atoms with Crippen LogP contribution in [0.2, 0.25) is 5.02 Å². The first-order chi connectivity index (χ1) is 15.5. The number of carbonyl (C=O) groups is 1. The van der Waals surface area contributed by atoms with Crippen LogP contribution in [0.25, 0.3) is 22.2 Å². The maximum Gasteiger partial charge on any atom is 0.257 e. The fraction of sp³-hybridized carbons (Fsp3) is 0.0833. The molecule has 7 nitrogen and oxygen atoms in total. The van der Waals surface area contributed by atoms with Crippen LogP contribution in [0.1, 0.15) is 15.9 Å². The van der Waals surface area contributed by atoms with E-state index >= 15 is 0 Å². The smallest absolute Gasteiger partial charge is 0.257 e. The summed E-state index contributed by atoms with van der Waals surface area (Å²) in [6.07, 6.45) is 5.43. The molecule has 3 heterocycles. The first-order valence-corrected chi connectivity index (χ1v) is 10.4. The summed E-state index contributed by atoms with van der Waals surface area (Å²) in [7, 11) is 1.85. The van der Waals surface area contributed by atoms with Gasteiger partial charge in [-0.1, -0.05) is 41.9 Å². The Morgan fingerprint density at radius 3 is 2.78 bits per heavy atom. The maximum absolute atomic E-state index is 13.2. The highest BCUT2D eigenvalue weighted by molar-refractivity contribution is 6.30. The minimum atomic E-state index is -0.248. The van der Waals surface area contributed by atoms with Crippen LogP contribution in [0.5, 0.6) is 0 Å². The predicted molar refractivity (Wildman–Crippen MR) is 125 cm³/mol.